The van der Waals surface area contributed by atoms with E-state index >= 15 is 0 Å². The van der Waals surface area contributed by atoms with Gasteiger partial charge in [-0.2, -0.15) is 0 Å². The molecule has 0 aliphatic carbocycles. The number of aldehydes is 1. The minimum atomic E-state index is -0.800. The standard InChI is InChI=1S/C9H18O2/c1-4-8(5-2)9(3,11)6-7-10/h7-8,11H,4-6H2,1-3H3. The molecule has 1 N–H and O–H groups in total. The molecule has 2 nitrogen and oxygen atoms in total. The quantitative estimate of drug-likeness (QED) is 0.619. The van der Waals surface area contributed by atoms with E-state index in [0.717, 1.165) is 19.1 Å². The second-order valence-corrected chi connectivity index (χ2v) is 3.24. The van der Waals surface area contributed by atoms with Gasteiger partial charge in [-0.05, 0) is 12.8 Å². The SMILES string of the molecule is CCC(CC)C(C)(O)CC=O. The van der Waals surface area contributed by atoms with Crippen LogP contribution in [0.15, 0.2) is 0 Å². The molecule has 0 aromatic rings. The number of rotatable bonds is 5. The fourth-order valence-electron chi connectivity index (χ4n) is 1.50. The summed E-state index contributed by atoms with van der Waals surface area (Å²) >= 11 is 0. The summed E-state index contributed by atoms with van der Waals surface area (Å²) in [7, 11) is 0. The maximum atomic E-state index is 10.2. The van der Waals surface area contributed by atoms with Crippen LogP contribution in [0.4, 0.5) is 0 Å². The predicted octanol–water partition coefficient (Wildman–Crippen LogP) is 1.76. The zero-order valence-electron chi connectivity index (χ0n) is 7.63. The summed E-state index contributed by atoms with van der Waals surface area (Å²) in [6.45, 7) is 5.81. The van der Waals surface area contributed by atoms with E-state index in [9.17, 15) is 9.90 Å². The molecule has 0 aliphatic heterocycles. The van der Waals surface area contributed by atoms with Crippen molar-refractivity contribution in [2.24, 2.45) is 5.92 Å². The monoisotopic (exact) mass is 158 g/mol. The summed E-state index contributed by atoms with van der Waals surface area (Å²) in [5.74, 6) is 0.243. The molecule has 0 saturated heterocycles. The Bertz CT molecular complexity index is 115. The first-order valence-electron chi connectivity index (χ1n) is 4.24. The van der Waals surface area contributed by atoms with E-state index in [1.54, 1.807) is 6.92 Å². The van der Waals surface area contributed by atoms with Crippen LogP contribution in [0.1, 0.15) is 40.0 Å². The summed E-state index contributed by atoms with van der Waals surface area (Å²) in [5.41, 5.74) is -0.800. The first-order chi connectivity index (χ1) is 5.08. The topological polar surface area (TPSA) is 37.3 Å². The molecule has 1 atom stereocenters. The molecule has 0 heterocycles. The Morgan fingerprint density at radius 3 is 2.18 bits per heavy atom. The van der Waals surface area contributed by atoms with Gasteiger partial charge in [0.25, 0.3) is 0 Å². The molecule has 0 rings (SSSR count). The fourth-order valence-corrected chi connectivity index (χ4v) is 1.50. The van der Waals surface area contributed by atoms with Crippen LogP contribution in [-0.2, 0) is 4.79 Å². The van der Waals surface area contributed by atoms with Crippen molar-refractivity contribution < 1.29 is 9.90 Å². The lowest BCUT2D eigenvalue weighted by Gasteiger charge is -2.29. The van der Waals surface area contributed by atoms with Crippen LogP contribution in [0.5, 0.6) is 0 Å². The molecule has 11 heavy (non-hydrogen) atoms. The molecular weight excluding hydrogens is 140 g/mol. The minimum Gasteiger partial charge on any atom is -0.389 e. The van der Waals surface area contributed by atoms with Crippen molar-refractivity contribution in [2.45, 2.75) is 45.6 Å². The first kappa shape index (κ1) is 10.6. The van der Waals surface area contributed by atoms with Gasteiger partial charge in [0.05, 0.1) is 5.60 Å². The summed E-state index contributed by atoms with van der Waals surface area (Å²) in [6, 6.07) is 0. The maximum Gasteiger partial charge on any atom is 0.122 e. The van der Waals surface area contributed by atoms with Crippen LogP contribution in [0.25, 0.3) is 0 Å². The van der Waals surface area contributed by atoms with E-state index in [1.165, 1.54) is 0 Å². The smallest absolute Gasteiger partial charge is 0.122 e. The summed E-state index contributed by atoms with van der Waals surface area (Å²) in [4.78, 5) is 10.2. The van der Waals surface area contributed by atoms with Crippen LogP contribution >= 0.6 is 0 Å². The molecule has 66 valence electrons. The fraction of sp³-hybridized carbons (Fsp3) is 0.889. The molecule has 1 unspecified atom stereocenters. The highest BCUT2D eigenvalue weighted by atomic mass is 16.3. The van der Waals surface area contributed by atoms with Crippen LogP contribution in [0.2, 0.25) is 0 Å². The molecule has 0 aromatic carbocycles. The lowest BCUT2D eigenvalue weighted by atomic mass is 9.83. The van der Waals surface area contributed by atoms with E-state index in [2.05, 4.69) is 0 Å². The van der Waals surface area contributed by atoms with Gasteiger partial charge in [-0.3, -0.25) is 0 Å². The Morgan fingerprint density at radius 1 is 1.45 bits per heavy atom. The summed E-state index contributed by atoms with van der Waals surface area (Å²) in [5, 5.41) is 9.74. The highest BCUT2D eigenvalue weighted by Gasteiger charge is 2.28. The highest BCUT2D eigenvalue weighted by molar-refractivity contribution is 5.51. The van der Waals surface area contributed by atoms with Crippen molar-refractivity contribution in [3.8, 4) is 0 Å². The van der Waals surface area contributed by atoms with Gasteiger partial charge in [0.15, 0.2) is 0 Å². The number of aliphatic hydroxyl groups is 1. The van der Waals surface area contributed by atoms with Crippen LogP contribution < -0.4 is 0 Å². The Labute approximate surface area is 68.6 Å². The number of hydrogen-bond donors (Lipinski definition) is 1. The van der Waals surface area contributed by atoms with Crippen molar-refractivity contribution in [3.63, 3.8) is 0 Å². The molecule has 0 radical (unpaired) electrons. The Hall–Kier alpha value is -0.370. The van der Waals surface area contributed by atoms with E-state index in [0.29, 0.717) is 0 Å². The van der Waals surface area contributed by atoms with Gasteiger partial charge >= 0.3 is 0 Å². The van der Waals surface area contributed by atoms with E-state index in [4.69, 9.17) is 0 Å². The molecule has 0 aliphatic rings. The molecule has 0 aromatic heterocycles. The van der Waals surface area contributed by atoms with Gasteiger partial charge in [0, 0.05) is 6.42 Å². The van der Waals surface area contributed by atoms with Gasteiger partial charge in [0.2, 0.25) is 0 Å². The highest BCUT2D eigenvalue weighted by Crippen LogP contribution is 2.25. The molecular formula is C9H18O2. The van der Waals surface area contributed by atoms with E-state index in [-0.39, 0.29) is 12.3 Å². The van der Waals surface area contributed by atoms with Crippen molar-refractivity contribution in [3.05, 3.63) is 0 Å². The van der Waals surface area contributed by atoms with Crippen LogP contribution in [0, 0.1) is 5.92 Å². The van der Waals surface area contributed by atoms with Crippen molar-refractivity contribution in [2.75, 3.05) is 0 Å². The van der Waals surface area contributed by atoms with Crippen LogP contribution in [-0.4, -0.2) is 17.0 Å². The summed E-state index contributed by atoms with van der Waals surface area (Å²) in [6.07, 6.45) is 2.90. The summed E-state index contributed by atoms with van der Waals surface area (Å²) < 4.78 is 0. The number of carbonyl (C=O) groups is 1. The number of carbonyl (C=O) groups excluding carboxylic acids is 1. The molecule has 0 spiro atoms. The molecule has 0 amide bonds. The largest absolute Gasteiger partial charge is 0.389 e. The van der Waals surface area contributed by atoms with Gasteiger partial charge in [0.1, 0.15) is 6.29 Å². The van der Waals surface area contributed by atoms with Gasteiger partial charge < -0.3 is 9.90 Å². The normalized spacial score (nSPS) is 16.5. The molecule has 0 saturated carbocycles. The Kier molecular flexibility index (Phi) is 4.34. The lowest BCUT2D eigenvalue weighted by molar-refractivity contribution is -0.114. The average molecular weight is 158 g/mol. The van der Waals surface area contributed by atoms with Crippen molar-refractivity contribution in [1.82, 2.24) is 0 Å². The van der Waals surface area contributed by atoms with Gasteiger partial charge in [-0.15, -0.1) is 0 Å². The predicted molar refractivity (Wildman–Crippen MR) is 45.4 cm³/mol. The van der Waals surface area contributed by atoms with Crippen molar-refractivity contribution >= 4 is 6.29 Å². The molecule has 0 bridgehead atoms. The third kappa shape index (κ3) is 3.02. The molecule has 0 fully saturated rings. The second-order valence-electron chi connectivity index (χ2n) is 3.24. The zero-order valence-corrected chi connectivity index (χ0v) is 7.63. The maximum absolute atomic E-state index is 10.2. The Morgan fingerprint density at radius 2 is 1.91 bits per heavy atom. The third-order valence-electron chi connectivity index (χ3n) is 2.36. The van der Waals surface area contributed by atoms with E-state index in [1.807, 2.05) is 13.8 Å². The average Bonchev–Trinajstić information content (AvgIpc) is 1.89. The Balaban J connectivity index is 4.10. The van der Waals surface area contributed by atoms with Crippen LogP contribution in [0.3, 0.4) is 0 Å². The lowest BCUT2D eigenvalue weighted by Crippen LogP contribution is -2.34. The second kappa shape index (κ2) is 4.50. The van der Waals surface area contributed by atoms with E-state index < -0.39 is 5.60 Å². The van der Waals surface area contributed by atoms with Gasteiger partial charge in [-0.25, -0.2) is 0 Å². The first-order valence-corrected chi connectivity index (χ1v) is 4.24. The minimum absolute atomic E-state index is 0.243. The number of hydrogen-bond acceptors (Lipinski definition) is 2. The zero-order chi connectivity index (χ0) is 8.91. The molecule has 2 heteroatoms. The van der Waals surface area contributed by atoms with Gasteiger partial charge in [-0.1, -0.05) is 26.7 Å². The van der Waals surface area contributed by atoms with Crippen molar-refractivity contribution in [1.29, 1.82) is 0 Å². The third-order valence-corrected chi connectivity index (χ3v) is 2.36.